The summed E-state index contributed by atoms with van der Waals surface area (Å²) in [7, 11) is 0. The molecule has 4 N–H and O–H groups in total. The molecule has 1 aliphatic rings. The predicted octanol–water partition coefficient (Wildman–Crippen LogP) is 1.36. The van der Waals surface area contributed by atoms with E-state index in [4.69, 9.17) is 20.9 Å². The minimum atomic E-state index is -0.762. The summed E-state index contributed by atoms with van der Waals surface area (Å²) in [6.45, 7) is 0. The van der Waals surface area contributed by atoms with E-state index in [1.807, 2.05) is 0 Å². The number of nitrogens with zero attached hydrogens (tertiary/aromatic N) is 1. The van der Waals surface area contributed by atoms with Gasteiger partial charge in [-0.1, -0.05) is 0 Å². The Labute approximate surface area is 135 Å². The Morgan fingerprint density at radius 3 is 2.50 bits per heavy atom. The highest BCUT2D eigenvalue weighted by Crippen LogP contribution is 2.34. The highest BCUT2D eigenvalue weighted by molar-refractivity contribution is 5.95. The van der Waals surface area contributed by atoms with Gasteiger partial charge >= 0.3 is 11.9 Å². The molecule has 0 unspecified atom stereocenters. The number of fused-ring (bicyclic) bond motifs is 1. The first-order valence-corrected chi connectivity index (χ1v) is 6.87. The molecule has 0 atom stereocenters. The van der Waals surface area contributed by atoms with Crippen LogP contribution in [-0.2, 0) is 16.0 Å². The maximum atomic E-state index is 13.7. The van der Waals surface area contributed by atoms with Crippen LogP contribution in [-0.4, -0.2) is 16.9 Å². The van der Waals surface area contributed by atoms with Gasteiger partial charge < -0.3 is 20.9 Å². The van der Waals surface area contributed by atoms with Crippen molar-refractivity contribution in [2.45, 2.75) is 6.42 Å². The van der Waals surface area contributed by atoms with Crippen LogP contribution >= 0.6 is 0 Å². The van der Waals surface area contributed by atoms with Crippen molar-refractivity contribution in [2.75, 3.05) is 11.5 Å². The van der Waals surface area contributed by atoms with Crippen LogP contribution in [0.25, 0.3) is 0 Å². The van der Waals surface area contributed by atoms with Gasteiger partial charge in [0.1, 0.15) is 5.82 Å². The van der Waals surface area contributed by atoms with E-state index in [1.165, 1.54) is 18.3 Å². The average Bonchev–Trinajstić information content (AvgIpc) is 2.54. The van der Waals surface area contributed by atoms with E-state index in [1.54, 1.807) is 0 Å². The minimum Gasteiger partial charge on any atom is -0.419 e. The number of pyridine rings is 1. The second kappa shape index (κ2) is 5.99. The van der Waals surface area contributed by atoms with Gasteiger partial charge in [0.05, 0.1) is 11.4 Å². The molecular weight excluding hydrogens is 317 g/mol. The quantitative estimate of drug-likeness (QED) is 0.631. The van der Waals surface area contributed by atoms with Crippen LogP contribution in [0.5, 0.6) is 11.5 Å². The smallest absolute Gasteiger partial charge is 0.336 e. The predicted molar refractivity (Wildman–Crippen MR) is 82.7 cm³/mol. The zero-order chi connectivity index (χ0) is 17.3. The van der Waals surface area contributed by atoms with Crippen molar-refractivity contribution in [2.24, 2.45) is 0 Å². The highest BCUT2D eigenvalue weighted by Gasteiger charge is 2.21. The van der Waals surface area contributed by atoms with E-state index in [-0.39, 0.29) is 35.0 Å². The molecule has 24 heavy (non-hydrogen) atoms. The van der Waals surface area contributed by atoms with E-state index in [0.29, 0.717) is 5.56 Å². The van der Waals surface area contributed by atoms with Gasteiger partial charge in [-0.2, -0.15) is 0 Å². The molecule has 3 rings (SSSR count). The van der Waals surface area contributed by atoms with Crippen molar-refractivity contribution < 1.29 is 23.5 Å². The fourth-order valence-corrected chi connectivity index (χ4v) is 2.22. The van der Waals surface area contributed by atoms with Crippen LogP contribution in [0.15, 0.2) is 36.5 Å². The molecule has 1 aliphatic heterocycles. The van der Waals surface area contributed by atoms with Crippen LogP contribution in [0.3, 0.4) is 0 Å². The number of hydrogen-bond acceptors (Lipinski definition) is 7. The Morgan fingerprint density at radius 1 is 1.04 bits per heavy atom. The lowest BCUT2D eigenvalue weighted by Gasteiger charge is -2.15. The number of carbonyl (C=O) groups is 2. The Morgan fingerprint density at radius 2 is 1.75 bits per heavy atom. The van der Waals surface area contributed by atoms with Gasteiger partial charge in [0, 0.05) is 42.1 Å². The first-order valence-electron chi connectivity index (χ1n) is 6.87. The van der Waals surface area contributed by atoms with Gasteiger partial charge in [0.25, 0.3) is 0 Å². The first kappa shape index (κ1) is 15.5. The normalized spacial score (nSPS) is 14.9. The number of nitrogens with two attached hydrogens (primary N) is 2. The molecule has 2 aromatic rings. The molecule has 0 radical (unpaired) electrons. The van der Waals surface area contributed by atoms with E-state index in [0.717, 1.165) is 18.2 Å². The second-order valence-corrected chi connectivity index (χ2v) is 4.97. The highest BCUT2D eigenvalue weighted by atomic mass is 19.1. The zero-order valence-electron chi connectivity index (χ0n) is 12.3. The molecule has 0 saturated carbocycles. The van der Waals surface area contributed by atoms with Gasteiger partial charge in [0.2, 0.25) is 0 Å². The Bertz CT molecular complexity index is 880. The van der Waals surface area contributed by atoms with Crippen molar-refractivity contribution in [3.05, 3.63) is 53.6 Å². The number of hydrogen-bond donors (Lipinski definition) is 2. The summed E-state index contributed by atoms with van der Waals surface area (Å²) in [5.41, 5.74) is 12.2. The van der Waals surface area contributed by atoms with Gasteiger partial charge in [-0.25, -0.2) is 14.0 Å². The van der Waals surface area contributed by atoms with Gasteiger partial charge in [-0.05, 0) is 12.1 Å². The van der Waals surface area contributed by atoms with Crippen molar-refractivity contribution in [1.82, 2.24) is 4.98 Å². The van der Waals surface area contributed by atoms with Crippen LogP contribution in [0.2, 0.25) is 0 Å². The SMILES string of the molecule is Nc1ccc(F)c(N)c1Cc1nccc2c1OC(=O)/C=C\C(=O)O2. The lowest BCUT2D eigenvalue weighted by Crippen LogP contribution is -2.16. The largest absolute Gasteiger partial charge is 0.419 e. The van der Waals surface area contributed by atoms with Crippen LogP contribution in [0, 0.1) is 5.82 Å². The van der Waals surface area contributed by atoms with E-state index in [9.17, 15) is 14.0 Å². The Hall–Kier alpha value is -3.42. The number of anilines is 2. The fraction of sp³-hybridized carbons (Fsp3) is 0.0625. The van der Waals surface area contributed by atoms with Crippen molar-refractivity contribution in [1.29, 1.82) is 0 Å². The van der Waals surface area contributed by atoms with Crippen LogP contribution in [0.1, 0.15) is 11.3 Å². The standard InChI is InChI=1S/C16H12FN3O4/c17-9-1-2-10(18)8(15(9)19)7-11-16-12(5-6-20-11)23-13(21)3-4-14(22)24-16/h1-6H,7,18-19H2/b4-3-. The fourth-order valence-electron chi connectivity index (χ4n) is 2.22. The summed E-state index contributed by atoms with van der Waals surface area (Å²) in [5.74, 6) is -2.12. The number of benzene rings is 1. The third-order valence-electron chi connectivity index (χ3n) is 3.40. The summed E-state index contributed by atoms with van der Waals surface area (Å²) in [4.78, 5) is 27.3. The maximum Gasteiger partial charge on any atom is 0.336 e. The first-order chi connectivity index (χ1) is 11.5. The number of halogens is 1. The monoisotopic (exact) mass is 329 g/mol. The topological polar surface area (TPSA) is 118 Å². The van der Waals surface area contributed by atoms with E-state index < -0.39 is 17.8 Å². The molecule has 8 heteroatoms. The molecule has 1 aromatic heterocycles. The molecule has 0 fully saturated rings. The maximum absolute atomic E-state index is 13.7. The number of ether oxygens (including phenoxy) is 2. The number of nitrogen functional groups attached to an aromatic ring is 2. The molecule has 0 aliphatic carbocycles. The van der Waals surface area contributed by atoms with Crippen molar-refractivity contribution >= 4 is 23.3 Å². The van der Waals surface area contributed by atoms with Gasteiger partial charge in [-0.15, -0.1) is 0 Å². The van der Waals surface area contributed by atoms with Crippen LogP contribution < -0.4 is 20.9 Å². The molecule has 122 valence electrons. The van der Waals surface area contributed by atoms with Crippen molar-refractivity contribution in [3.8, 4) is 11.5 Å². The summed E-state index contributed by atoms with van der Waals surface area (Å²) in [5, 5.41) is 0. The lowest BCUT2D eigenvalue weighted by molar-refractivity contribution is -0.133. The molecule has 0 bridgehead atoms. The second-order valence-electron chi connectivity index (χ2n) is 4.97. The van der Waals surface area contributed by atoms with Crippen LogP contribution in [0.4, 0.5) is 15.8 Å². The third kappa shape index (κ3) is 2.89. The summed E-state index contributed by atoms with van der Waals surface area (Å²) in [6, 6.07) is 3.91. The number of aromatic nitrogens is 1. The number of rotatable bonds is 2. The zero-order valence-corrected chi connectivity index (χ0v) is 12.3. The minimum absolute atomic E-state index is 0.00680. The molecule has 1 aromatic carbocycles. The van der Waals surface area contributed by atoms with E-state index in [2.05, 4.69) is 4.98 Å². The molecule has 2 heterocycles. The molecule has 7 nitrogen and oxygen atoms in total. The van der Waals surface area contributed by atoms with E-state index >= 15 is 0 Å². The Kier molecular flexibility index (Phi) is 3.87. The molecule has 0 saturated heterocycles. The van der Waals surface area contributed by atoms with Gasteiger partial charge in [-0.3, -0.25) is 4.98 Å². The lowest BCUT2D eigenvalue weighted by atomic mass is 10.0. The Balaban J connectivity index is 2.07. The van der Waals surface area contributed by atoms with Gasteiger partial charge in [0.15, 0.2) is 11.5 Å². The molecule has 0 spiro atoms. The summed E-state index contributed by atoms with van der Waals surface area (Å²) >= 11 is 0. The third-order valence-corrected chi connectivity index (χ3v) is 3.40. The summed E-state index contributed by atoms with van der Waals surface area (Å²) < 4.78 is 23.9. The summed E-state index contributed by atoms with van der Waals surface area (Å²) in [6.07, 6.45) is 3.25. The average molecular weight is 329 g/mol. The number of carbonyl (C=O) groups excluding carboxylic acids is 2. The molecular formula is C16H12FN3O4. The molecule has 0 amide bonds. The van der Waals surface area contributed by atoms with Crippen molar-refractivity contribution in [3.63, 3.8) is 0 Å². The number of esters is 2.